The Morgan fingerprint density at radius 3 is 2.61 bits per heavy atom. The van der Waals surface area contributed by atoms with Crippen molar-refractivity contribution in [2.75, 3.05) is 18.5 Å². The number of hydrogen-bond acceptors (Lipinski definition) is 2. The number of rotatable bonds is 3. The summed E-state index contributed by atoms with van der Waals surface area (Å²) < 4.78 is 0. The quantitative estimate of drug-likeness (QED) is 0.882. The second-order valence-electron chi connectivity index (χ2n) is 6.54. The number of nitrogens with one attached hydrogen (secondary N) is 1. The van der Waals surface area contributed by atoms with Crippen molar-refractivity contribution in [2.24, 2.45) is 5.41 Å². The monoisotopic (exact) mass is 246 g/mol. The Hall–Kier alpha value is -1.02. The molecule has 1 heterocycles. The Morgan fingerprint density at radius 1 is 1.33 bits per heavy atom. The first-order valence-corrected chi connectivity index (χ1v) is 6.95. The van der Waals surface area contributed by atoms with E-state index in [0.29, 0.717) is 12.1 Å². The number of hydrogen-bond donors (Lipinski definition) is 1. The van der Waals surface area contributed by atoms with Crippen LogP contribution < -0.4 is 10.2 Å². The minimum absolute atomic E-state index is 0.284. The Kier molecular flexibility index (Phi) is 3.67. The van der Waals surface area contributed by atoms with Crippen molar-refractivity contribution in [1.82, 2.24) is 5.32 Å². The van der Waals surface area contributed by atoms with Gasteiger partial charge in [-0.05, 0) is 37.4 Å². The van der Waals surface area contributed by atoms with Crippen LogP contribution in [0.1, 0.15) is 33.3 Å². The van der Waals surface area contributed by atoms with E-state index in [1.165, 1.54) is 17.7 Å². The highest BCUT2D eigenvalue weighted by molar-refractivity contribution is 5.59. The molecule has 18 heavy (non-hydrogen) atoms. The highest BCUT2D eigenvalue weighted by Crippen LogP contribution is 2.33. The zero-order chi connectivity index (χ0) is 13.3. The van der Waals surface area contributed by atoms with Gasteiger partial charge in [-0.2, -0.15) is 0 Å². The van der Waals surface area contributed by atoms with E-state index in [1.54, 1.807) is 0 Å². The highest BCUT2D eigenvalue weighted by Gasteiger charge is 2.31. The van der Waals surface area contributed by atoms with E-state index >= 15 is 0 Å². The topological polar surface area (TPSA) is 15.3 Å². The lowest BCUT2D eigenvalue weighted by molar-refractivity contribution is 0.280. The van der Waals surface area contributed by atoms with Gasteiger partial charge in [-0.3, -0.25) is 0 Å². The first-order valence-electron chi connectivity index (χ1n) is 6.95. The van der Waals surface area contributed by atoms with Crippen molar-refractivity contribution in [1.29, 1.82) is 0 Å². The number of likely N-dealkylation sites (N-methyl/N-ethyl adjacent to an activating group) is 1. The number of para-hydroxylation sites is 1. The standard InChI is InChI=1S/C16H26N2/c1-12-10-13-8-6-7-9-14(13)18(12)11-15(17-5)16(2,3)4/h6-9,12,15,17H,10-11H2,1-5H3. The molecule has 0 aromatic heterocycles. The largest absolute Gasteiger partial charge is 0.367 e. The molecule has 0 radical (unpaired) electrons. The highest BCUT2D eigenvalue weighted by atomic mass is 15.2. The smallest absolute Gasteiger partial charge is 0.0402 e. The van der Waals surface area contributed by atoms with Crippen molar-refractivity contribution < 1.29 is 0 Å². The molecule has 2 rings (SSSR count). The molecule has 1 aromatic carbocycles. The predicted octanol–water partition coefficient (Wildman–Crippen LogP) is 3.07. The summed E-state index contributed by atoms with van der Waals surface area (Å²) in [6.07, 6.45) is 1.18. The second kappa shape index (κ2) is 4.93. The summed E-state index contributed by atoms with van der Waals surface area (Å²) in [5.74, 6) is 0. The third-order valence-electron chi connectivity index (χ3n) is 4.12. The summed E-state index contributed by atoms with van der Waals surface area (Å²) in [6, 6.07) is 9.93. The maximum Gasteiger partial charge on any atom is 0.0402 e. The van der Waals surface area contributed by atoms with E-state index in [0.717, 1.165) is 6.54 Å². The predicted molar refractivity (Wildman–Crippen MR) is 79.3 cm³/mol. The molecule has 100 valence electrons. The van der Waals surface area contributed by atoms with E-state index in [1.807, 2.05) is 0 Å². The molecular formula is C16H26N2. The molecule has 1 N–H and O–H groups in total. The van der Waals surface area contributed by atoms with Crippen LogP contribution in [0.4, 0.5) is 5.69 Å². The minimum Gasteiger partial charge on any atom is -0.367 e. The summed E-state index contributed by atoms with van der Waals surface area (Å²) in [5.41, 5.74) is 3.20. The van der Waals surface area contributed by atoms with E-state index in [2.05, 4.69) is 69.2 Å². The Morgan fingerprint density at radius 2 is 2.00 bits per heavy atom. The van der Waals surface area contributed by atoms with Crippen LogP contribution in [0.15, 0.2) is 24.3 Å². The molecule has 2 heteroatoms. The number of anilines is 1. The molecule has 1 aliphatic rings. The average molecular weight is 246 g/mol. The fourth-order valence-corrected chi connectivity index (χ4v) is 2.90. The van der Waals surface area contributed by atoms with Crippen LogP contribution in [0.25, 0.3) is 0 Å². The van der Waals surface area contributed by atoms with Gasteiger partial charge in [0.25, 0.3) is 0 Å². The zero-order valence-corrected chi connectivity index (χ0v) is 12.3. The van der Waals surface area contributed by atoms with Crippen molar-refractivity contribution in [3.63, 3.8) is 0 Å². The fourth-order valence-electron chi connectivity index (χ4n) is 2.90. The Bertz CT molecular complexity index is 406. The Balaban J connectivity index is 2.19. The van der Waals surface area contributed by atoms with Crippen LogP contribution in [0.2, 0.25) is 0 Å². The molecule has 2 atom stereocenters. The number of fused-ring (bicyclic) bond motifs is 1. The first kappa shape index (κ1) is 13.4. The maximum absolute atomic E-state index is 3.48. The molecule has 0 aliphatic carbocycles. The lowest BCUT2D eigenvalue weighted by Gasteiger charge is -2.36. The van der Waals surface area contributed by atoms with Gasteiger partial charge in [0.2, 0.25) is 0 Å². The van der Waals surface area contributed by atoms with Gasteiger partial charge in [0.1, 0.15) is 0 Å². The SMILES string of the molecule is CNC(CN1c2ccccc2CC1C)C(C)(C)C. The van der Waals surface area contributed by atoms with E-state index in [-0.39, 0.29) is 5.41 Å². The van der Waals surface area contributed by atoms with E-state index < -0.39 is 0 Å². The molecule has 0 saturated carbocycles. The zero-order valence-electron chi connectivity index (χ0n) is 12.3. The molecule has 2 nitrogen and oxygen atoms in total. The average Bonchev–Trinajstić information content (AvgIpc) is 2.60. The molecule has 1 aromatic rings. The number of benzene rings is 1. The molecule has 0 bridgehead atoms. The van der Waals surface area contributed by atoms with Crippen molar-refractivity contribution >= 4 is 5.69 Å². The van der Waals surface area contributed by atoms with Crippen molar-refractivity contribution in [2.45, 2.75) is 46.2 Å². The molecule has 0 spiro atoms. The summed E-state index contributed by atoms with van der Waals surface area (Å²) in [6.45, 7) is 10.3. The first-order chi connectivity index (χ1) is 8.43. The molecule has 0 fully saturated rings. The van der Waals surface area contributed by atoms with Crippen LogP contribution in [0.3, 0.4) is 0 Å². The third kappa shape index (κ3) is 2.54. The van der Waals surface area contributed by atoms with Gasteiger partial charge in [0, 0.05) is 24.3 Å². The lowest BCUT2D eigenvalue weighted by Crippen LogP contribution is -2.48. The van der Waals surface area contributed by atoms with Gasteiger partial charge in [0.05, 0.1) is 0 Å². The van der Waals surface area contributed by atoms with Crippen molar-refractivity contribution in [3.05, 3.63) is 29.8 Å². The molecule has 0 saturated heterocycles. The molecule has 2 unspecified atom stereocenters. The van der Waals surface area contributed by atoms with Crippen LogP contribution in [-0.2, 0) is 6.42 Å². The van der Waals surface area contributed by atoms with Gasteiger partial charge in [-0.25, -0.2) is 0 Å². The molecule has 1 aliphatic heterocycles. The van der Waals surface area contributed by atoms with Gasteiger partial charge in [0.15, 0.2) is 0 Å². The molecule has 0 amide bonds. The lowest BCUT2D eigenvalue weighted by atomic mass is 9.86. The minimum atomic E-state index is 0.284. The molecular weight excluding hydrogens is 220 g/mol. The summed E-state index contributed by atoms with van der Waals surface area (Å²) in [7, 11) is 2.07. The maximum atomic E-state index is 3.48. The van der Waals surface area contributed by atoms with Gasteiger partial charge in [-0.1, -0.05) is 39.0 Å². The second-order valence-corrected chi connectivity index (χ2v) is 6.54. The third-order valence-corrected chi connectivity index (χ3v) is 4.12. The van der Waals surface area contributed by atoms with Gasteiger partial charge < -0.3 is 10.2 Å². The van der Waals surface area contributed by atoms with Gasteiger partial charge >= 0.3 is 0 Å². The van der Waals surface area contributed by atoms with Crippen LogP contribution >= 0.6 is 0 Å². The van der Waals surface area contributed by atoms with Crippen LogP contribution in [0, 0.1) is 5.41 Å². The van der Waals surface area contributed by atoms with Gasteiger partial charge in [-0.15, -0.1) is 0 Å². The van der Waals surface area contributed by atoms with Crippen LogP contribution in [0.5, 0.6) is 0 Å². The van der Waals surface area contributed by atoms with E-state index in [9.17, 15) is 0 Å². The van der Waals surface area contributed by atoms with E-state index in [4.69, 9.17) is 0 Å². The number of nitrogens with zero attached hydrogens (tertiary/aromatic N) is 1. The van der Waals surface area contributed by atoms with Crippen LogP contribution in [-0.4, -0.2) is 25.7 Å². The summed E-state index contributed by atoms with van der Waals surface area (Å²) >= 11 is 0. The normalized spacial score (nSPS) is 20.9. The Labute approximate surface area is 111 Å². The fraction of sp³-hybridized carbons (Fsp3) is 0.625. The van der Waals surface area contributed by atoms with Crippen molar-refractivity contribution in [3.8, 4) is 0 Å². The summed E-state index contributed by atoms with van der Waals surface area (Å²) in [4.78, 5) is 2.56. The summed E-state index contributed by atoms with van der Waals surface area (Å²) in [5, 5.41) is 3.48.